The minimum absolute atomic E-state index is 0.301. The monoisotopic (exact) mass is 452 g/mol. The molecule has 0 unspecified atom stereocenters. The highest BCUT2D eigenvalue weighted by Crippen LogP contribution is 2.26. The molecule has 0 bridgehead atoms. The molecule has 0 fully saturated rings. The Labute approximate surface area is 187 Å². The summed E-state index contributed by atoms with van der Waals surface area (Å²) in [5.41, 5.74) is 2.99. The number of nitrogens with one attached hydrogen (secondary N) is 2. The maximum atomic E-state index is 13.4. The molecule has 3 aromatic carbocycles. The molecule has 0 aliphatic rings. The molecule has 5 nitrogen and oxygen atoms in total. The number of hydrogen-bond acceptors (Lipinski definition) is 4. The molecule has 0 spiro atoms. The lowest BCUT2D eigenvalue weighted by atomic mass is 10.1. The summed E-state index contributed by atoms with van der Waals surface area (Å²) >= 11 is 11.9. The van der Waals surface area contributed by atoms with E-state index >= 15 is 0 Å². The third-order valence-corrected chi connectivity index (χ3v) is 5.11. The highest BCUT2D eigenvalue weighted by atomic mass is 35.5. The van der Waals surface area contributed by atoms with Crippen LogP contribution in [0.1, 0.15) is 10.4 Å². The van der Waals surface area contributed by atoms with Gasteiger partial charge in [-0.2, -0.15) is 0 Å². The molecule has 2 N–H and O–H groups in total. The Kier molecular flexibility index (Phi) is 6.11. The number of aromatic nitrogens is 2. The summed E-state index contributed by atoms with van der Waals surface area (Å²) in [6, 6.07) is 18.0. The Morgan fingerprint density at radius 2 is 1.58 bits per heavy atom. The van der Waals surface area contributed by atoms with Crippen molar-refractivity contribution in [2.24, 2.45) is 0 Å². The number of carbonyl (C=O) groups excluding carboxylic acids is 1. The van der Waals surface area contributed by atoms with E-state index in [1.807, 2.05) is 0 Å². The summed E-state index contributed by atoms with van der Waals surface area (Å²) < 4.78 is 13.4. The average molecular weight is 453 g/mol. The Hall–Kier alpha value is -3.48. The first-order chi connectivity index (χ1) is 15.0. The van der Waals surface area contributed by atoms with E-state index in [1.165, 1.54) is 12.1 Å². The zero-order valence-corrected chi connectivity index (χ0v) is 17.5. The zero-order valence-electron chi connectivity index (χ0n) is 15.9. The van der Waals surface area contributed by atoms with E-state index in [9.17, 15) is 9.18 Å². The predicted molar refractivity (Wildman–Crippen MR) is 122 cm³/mol. The maximum Gasteiger partial charge on any atom is 0.255 e. The number of anilines is 3. The number of hydrogen-bond donors (Lipinski definition) is 2. The first-order valence-electron chi connectivity index (χ1n) is 9.19. The molecule has 1 heterocycles. The maximum absolute atomic E-state index is 13.4. The molecule has 0 saturated heterocycles. The van der Waals surface area contributed by atoms with Crippen molar-refractivity contribution in [2.45, 2.75) is 0 Å². The van der Waals surface area contributed by atoms with E-state index in [-0.39, 0.29) is 11.7 Å². The summed E-state index contributed by atoms with van der Waals surface area (Å²) in [6.45, 7) is 0. The van der Waals surface area contributed by atoms with Crippen LogP contribution in [0.15, 0.2) is 79.1 Å². The fraction of sp³-hybridized carbons (Fsp3) is 0. The summed E-state index contributed by atoms with van der Waals surface area (Å²) in [5, 5.41) is 6.60. The van der Waals surface area contributed by atoms with Crippen molar-refractivity contribution in [1.82, 2.24) is 9.97 Å². The SMILES string of the molecule is O=C(Nc1ccc(Cl)c(Cl)c1)c1cccc(Nc2ncc(-c3cccc(F)c3)cn2)c1. The van der Waals surface area contributed by atoms with Crippen LogP contribution in [-0.2, 0) is 0 Å². The second kappa shape index (κ2) is 9.12. The second-order valence-electron chi connectivity index (χ2n) is 6.59. The van der Waals surface area contributed by atoms with Crippen LogP contribution in [0.2, 0.25) is 10.0 Å². The average Bonchev–Trinajstić information content (AvgIpc) is 2.77. The van der Waals surface area contributed by atoms with Gasteiger partial charge in [0.25, 0.3) is 5.91 Å². The zero-order chi connectivity index (χ0) is 21.8. The quantitative estimate of drug-likeness (QED) is 0.358. The van der Waals surface area contributed by atoms with Gasteiger partial charge < -0.3 is 10.6 Å². The van der Waals surface area contributed by atoms with Crippen molar-refractivity contribution < 1.29 is 9.18 Å². The smallest absolute Gasteiger partial charge is 0.255 e. The van der Waals surface area contributed by atoms with Crippen LogP contribution in [0.5, 0.6) is 0 Å². The molecule has 1 aromatic heterocycles. The predicted octanol–water partition coefficient (Wildman–Crippen LogP) is 6.59. The number of rotatable bonds is 5. The molecule has 4 rings (SSSR count). The van der Waals surface area contributed by atoms with Crippen molar-refractivity contribution in [3.8, 4) is 11.1 Å². The lowest BCUT2D eigenvalue weighted by Crippen LogP contribution is -2.12. The van der Waals surface area contributed by atoms with Crippen molar-refractivity contribution in [1.29, 1.82) is 0 Å². The second-order valence-corrected chi connectivity index (χ2v) is 7.41. The van der Waals surface area contributed by atoms with Crippen molar-refractivity contribution in [2.75, 3.05) is 10.6 Å². The van der Waals surface area contributed by atoms with Crippen LogP contribution >= 0.6 is 23.2 Å². The Balaban J connectivity index is 1.46. The highest BCUT2D eigenvalue weighted by molar-refractivity contribution is 6.42. The van der Waals surface area contributed by atoms with Gasteiger partial charge in [-0.05, 0) is 54.1 Å². The molecule has 1 amide bonds. The number of benzene rings is 3. The standard InChI is InChI=1S/C23H15Cl2FN4O/c24-20-8-7-19(11-21(20)25)29-22(31)15-4-2-6-18(10-15)30-23-27-12-16(13-28-23)14-3-1-5-17(26)9-14/h1-13H,(H,29,31)(H,27,28,30). The molecular formula is C23H15Cl2FN4O. The molecule has 31 heavy (non-hydrogen) atoms. The third kappa shape index (κ3) is 5.17. The van der Waals surface area contributed by atoms with Gasteiger partial charge in [0, 0.05) is 34.9 Å². The molecular weight excluding hydrogens is 438 g/mol. The van der Waals surface area contributed by atoms with Crippen LogP contribution in [0, 0.1) is 5.82 Å². The summed E-state index contributed by atoms with van der Waals surface area (Å²) in [7, 11) is 0. The van der Waals surface area contributed by atoms with E-state index in [1.54, 1.807) is 67.0 Å². The summed E-state index contributed by atoms with van der Waals surface area (Å²) in [5.74, 6) is -0.276. The first kappa shape index (κ1) is 20.8. The van der Waals surface area contributed by atoms with Gasteiger partial charge in [-0.3, -0.25) is 4.79 Å². The molecule has 0 radical (unpaired) electrons. The normalized spacial score (nSPS) is 10.5. The van der Waals surface area contributed by atoms with E-state index in [2.05, 4.69) is 20.6 Å². The highest BCUT2D eigenvalue weighted by Gasteiger charge is 2.09. The van der Waals surface area contributed by atoms with Crippen LogP contribution < -0.4 is 10.6 Å². The van der Waals surface area contributed by atoms with Gasteiger partial charge >= 0.3 is 0 Å². The van der Waals surface area contributed by atoms with Gasteiger partial charge in [0.05, 0.1) is 10.0 Å². The van der Waals surface area contributed by atoms with Crippen LogP contribution in [0.3, 0.4) is 0 Å². The first-order valence-corrected chi connectivity index (χ1v) is 9.95. The van der Waals surface area contributed by atoms with Gasteiger partial charge in [0.1, 0.15) is 5.82 Å². The van der Waals surface area contributed by atoms with Crippen molar-refractivity contribution >= 4 is 46.4 Å². The van der Waals surface area contributed by atoms with Crippen molar-refractivity contribution in [3.05, 3.63) is 101 Å². The molecule has 154 valence electrons. The molecule has 8 heteroatoms. The topological polar surface area (TPSA) is 66.9 Å². The van der Waals surface area contributed by atoms with Crippen LogP contribution in [0.4, 0.5) is 21.7 Å². The number of halogens is 3. The molecule has 0 atom stereocenters. The third-order valence-electron chi connectivity index (χ3n) is 4.37. The van der Waals surface area contributed by atoms with Crippen molar-refractivity contribution in [3.63, 3.8) is 0 Å². The van der Waals surface area contributed by atoms with E-state index in [0.29, 0.717) is 44.1 Å². The number of carbonyl (C=O) groups is 1. The molecule has 0 saturated carbocycles. The molecule has 0 aliphatic carbocycles. The Bertz CT molecular complexity index is 1250. The largest absolute Gasteiger partial charge is 0.324 e. The minimum atomic E-state index is -0.323. The molecule has 0 aliphatic heterocycles. The van der Waals surface area contributed by atoms with Crippen LogP contribution in [0.25, 0.3) is 11.1 Å². The van der Waals surface area contributed by atoms with Gasteiger partial charge in [-0.1, -0.05) is 41.4 Å². The van der Waals surface area contributed by atoms with Gasteiger partial charge in [0.2, 0.25) is 5.95 Å². The fourth-order valence-electron chi connectivity index (χ4n) is 2.85. The lowest BCUT2D eigenvalue weighted by molar-refractivity contribution is 0.102. The van der Waals surface area contributed by atoms with Gasteiger partial charge in [0.15, 0.2) is 0 Å². The Morgan fingerprint density at radius 1 is 0.806 bits per heavy atom. The van der Waals surface area contributed by atoms with E-state index < -0.39 is 0 Å². The lowest BCUT2D eigenvalue weighted by Gasteiger charge is -2.09. The number of amides is 1. The van der Waals surface area contributed by atoms with Gasteiger partial charge in [-0.25, -0.2) is 14.4 Å². The summed E-state index contributed by atoms with van der Waals surface area (Å²) in [6.07, 6.45) is 3.20. The van der Waals surface area contributed by atoms with E-state index in [4.69, 9.17) is 23.2 Å². The minimum Gasteiger partial charge on any atom is -0.324 e. The number of nitrogens with zero attached hydrogens (tertiary/aromatic N) is 2. The summed E-state index contributed by atoms with van der Waals surface area (Å²) in [4.78, 5) is 21.1. The van der Waals surface area contributed by atoms with E-state index in [0.717, 1.165) is 0 Å². The fourth-order valence-corrected chi connectivity index (χ4v) is 3.15. The van der Waals surface area contributed by atoms with Crippen LogP contribution in [-0.4, -0.2) is 15.9 Å². The van der Waals surface area contributed by atoms with Gasteiger partial charge in [-0.15, -0.1) is 0 Å². The molecule has 4 aromatic rings. The Morgan fingerprint density at radius 3 is 2.32 bits per heavy atom.